The number of ketones is 1. The predicted octanol–water partition coefficient (Wildman–Crippen LogP) is 3.82. The normalized spacial score (nSPS) is 10.4. The molecule has 0 unspecified atom stereocenters. The lowest BCUT2D eigenvalue weighted by molar-refractivity contribution is -0.120. The summed E-state index contributed by atoms with van der Waals surface area (Å²) in [5, 5.41) is 2.95. The van der Waals surface area contributed by atoms with E-state index < -0.39 is 0 Å². The molecule has 0 aliphatic carbocycles. The Balaban J connectivity index is 3.19. The van der Waals surface area contributed by atoms with Gasteiger partial charge in [-0.3, -0.25) is 9.59 Å². The lowest BCUT2D eigenvalue weighted by Crippen LogP contribution is -2.24. The van der Waals surface area contributed by atoms with Gasteiger partial charge < -0.3 is 5.32 Å². The Kier molecular flexibility index (Phi) is 14.1. The van der Waals surface area contributed by atoms with E-state index in [2.05, 4.69) is 12.2 Å². The summed E-state index contributed by atoms with van der Waals surface area (Å²) in [6.45, 7) is 4.62. The third-order valence-corrected chi connectivity index (χ3v) is 5.04. The van der Waals surface area contributed by atoms with Crippen LogP contribution in [0.4, 0.5) is 0 Å². The second-order valence-corrected chi connectivity index (χ2v) is 7.31. The second-order valence-electron chi connectivity index (χ2n) is 4.61. The molecule has 3 nitrogen and oxygen atoms in total. The average molecular weight is 306 g/mol. The molecule has 0 saturated carbocycles. The van der Waals surface area contributed by atoms with E-state index in [0.717, 1.165) is 24.5 Å². The molecule has 0 radical (unpaired) electrons. The van der Waals surface area contributed by atoms with Crippen LogP contribution >= 0.6 is 21.6 Å². The number of unbranched alkanes of at least 4 members (excludes halogenated alkanes) is 4. The smallest absolute Gasteiger partial charge is 0.220 e. The van der Waals surface area contributed by atoms with Crippen molar-refractivity contribution in [1.82, 2.24) is 5.32 Å². The largest absolute Gasteiger partial charge is 0.356 e. The minimum absolute atomic E-state index is 0.148. The molecule has 0 aromatic rings. The monoisotopic (exact) mass is 305 g/mol. The molecule has 0 spiro atoms. The van der Waals surface area contributed by atoms with E-state index >= 15 is 0 Å². The van der Waals surface area contributed by atoms with Gasteiger partial charge in [-0.25, -0.2) is 0 Å². The Hall–Kier alpha value is -0.160. The topological polar surface area (TPSA) is 46.2 Å². The Morgan fingerprint density at radius 3 is 2.21 bits per heavy atom. The molecule has 5 heteroatoms. The van der Waals surface area contributed by atoms with Crippen LogP contribution < -0.4 is 5.32 Å². The zero-order valence-electron chi connectivity index (χ0n) is 12.2. The van der Waals surface area contributed by atoms with E-state index in [1.807, 2.05) is 0 Å². The van der Waals surface area contributed by atoms with Crippen molar-refractivity contribution in [2.75, 3.05) is 18.1 Å². The zero-order chi connectivity index (χ0) is 14.3. The molecule has 0 saturated heterocycles. The highest BCUT2D eigenvalue weighted by atomic mass is 33.1. The van der Waals surface area contributed by atoms with Crippen LogP contribution in [-0.4, -0.2) is 29.7 Å². The number of carbonyl (C=O) groups excluding carboxylic acids is 2. The maximum atomic E-state index is 11.5. The number of nitrogens with one attached hydrogen (secondary N) is 1. The molecular formula is C14H27NO2S2. The first-order valence-electron chi connectivity index (χ1n) is 7.17. The standard InChI is InChI=1S/C14H27NO2S2/c1-3-4-5-6-7-10-15-14(17)9-12-19-18-11-8-13(2)16/h3-12H2,1-2H3,(H,15,17). The van der Waals surface area contributed by atoms with E-state index in [0.29, 0.717) is 12.8 Å². The first-order valence-corrected chi connectivity index (χ1v) is 9.66. The molecule has 0 fully saturated rings. The van der Waals surface area contributed by atoms with Crippen molar-refractivity contribution in [1.29, 1.82) is 0 Å². The quantitative estimate of drug-likeness (QED) is 0.415. The van der Waals surface area contributed by atoms with Gasteiger partial charge in [-0.1, -0.05) is 54.2 Å². The first kappa shape index (κ1) is 18.8. The molecule has 0 bridgehead atoms. The van der Waals surface area contributed by atoms with Crippen LogP contribution in [0.1, 0.15) is 58.8 Å². The Morgan fingerprint density at radius 2 is 1.58 bits per heavy atom. The number of rotatable bonds is 13. The van der Waals surface area contributed by atoms with Gasteiger partial charge in [-0.2, -0.15) is 0 Å². The van der Waals surface area contributed by atoms with Gasteiger partial charge in [-0.15, -0.1) is 0 Å². The van der Waals surface area contributed by atoms with Gasteiger partial charge in [0.25, 0.3) is 0 Å². The summed E-state index contributed by atoms with van der Waals surface area (Å²) in [4.78, 5) is 22.2. The molecule has 0 atom stereocenters. The highest BCUT2D eigenvalue weighted by Crippen LogP contribution is 2.22. The van der Waals surface area contributed by atoms with Gasteiger partial charge in [-0.05, 0) is 13.3 Å². The number of amides is 1. The number of hydrogen-bond acceptors (Lipinski definition) is 4. The summed E-state index contributed by atoms with van der Waals surface area (Å²) in [5.41, 5.74) is 0. The van der Waals surface area contributed by atoms with E-state index in [1.165, 1.54) is 25.7 Å². The SMILES string of the molecule is CCCCCCCNC(=O)CCSSCCC(C)=O. The van der Waals surface area contributed by atoms with Crippen LogP contribution in [0.15, 0.2) is 0 Å². The van der Waals surface area contributed by atoms with Gasteiger partial charge in [0.1, 0.15) is 5.78 Å². The Bertz CT molecular complexity index is 248. The van der Waals surface area contributed by atoms with Gasteiger partial charge in [0.05, 0.1) is 0 Å². The van der Waals surface area contributed by atoms with Gasteiger partial charge in [0, 0.05) is 30.9 Å². The minimum Gasteiger partial charge on any atom is -0.356 e. The third-order valence-electron chi connectivity index (χ3n) is 2.64. The summed E-state index contributed by atoms with van der Waals surface area (Å²) in [5.74, 6) is 2.05. The fourth-order valence-corrected chi connectivity index (χ4v) is 3.56. The molecule has 19 heavy (non-hydrogen) atoms. The summed E-state index contributed by atoms with van der Waals surface area (Å²) in [7, 11) is 3.35. The van der Waals surface area contributed by atoms with E-state index in [1.54, 1.807) is 28.5 Å². The van der Waals surface area contributed by atoms with Gasteiger partial charge >= 0.3 is 0 Å². The summed E-state index contributed by atoms with van der Waals surface area (Å²) in [6, 6.07) is 0. The molecule has 0 heterocycles. The molecule has 0 aliphatic rings. The fourth-order valence-electron chi connectivity index (χ4n) is 1.48. The molecule has 0 aliphatic heterocycles. The summed E-state index contributed by atoms with van der Waals surface area (Å²) < 4.78 is 0. The van der Waals surface area contributed by atoms with Crippen molar-refractivity contribution >= 4 is 33.3 Å². The molecule has 0 aromatic carbocycles. The summed E-state index contributed by atoms with van der Waals surface area (Å²) >= 11 is 0. The van der Waals surface area contributed by atoms with Gasteiger partial charge in [0.2, 0.25) is 5.91 Å². The first-order chi connectivity index (χ1) is 9.16. The van der Waals surface area contributed by atoms with E-state index in [-0.39, 0.29) is 11.7 Å². The molecular weight excluding hydrogens is 278 g/mol. The van der Waals surface area contributed by atoms with Crippen molar-refractivity contribution in [3.63, 3.8) is 0 Å². The molecule has 1 N–H and O–H groups in total. The van der Waals surface area contributed by atoms with Gasteiger partial charge in [0.15, 0.2) is 0 Å². The summed E-state index contributed by atoms with van der Waals surface area (Å²) in [6.07, 6.45) is 7.33. The van der Waals surface area contributed by atoms with E-state index in [9.17, 15) is 9.59 Å². The minimum atomic E-state index is 0.148. The molecule has 0 rings (SSSR count). The second kappa shape index (κ2) is 14.3. The van der Waals surface area contributed by atoms with Crippen LogP contribution in [-0.2, 0) is 9.59 Å². The fraction of sp³-hybridized carbons (Fsp3) is 0.857. The maximum Gasteiger partial charge on any atom is 0.220 e. The number of Topliss-reactive ketones (excluding diaryl/α,β-unsaturated/α-hetero) is 1. The van der Waals surface area contributed by atoms with Crippen molar-refractivity contribution in [3.05, 3.63) is 0 Å². The lowest BCUT2D eigenvalue weighted by Gasteiger charge is -2.04. The van der Waals surface area contributed by atoms with Crippen LogP contribution in [0.5, 0.6) is 0 Å². The van der Waals surface area contributed by atoms with Crippen LogP contribution in [0.3, 0.4) is 0 Å². The number of carbonyl (C=O) groups is 2. The van der Waals surface area contributed by atoms with Crippen LogP contribution in [0.2, 0.25) is 0 Å². The molecule has 1 amide bonds. The van der Waals surface area contributed by atoms with Crippen molar-refractivity contribution < 1.29 is 9.59 Å². The highest BCUT2D eigenvalue weighted by Gasteiger charge is 2.01. The van der Waals surface area contributed by atoms with Crippen molar-refractivity contribution in [2.24, 2.45) is 0 Å². The maximum absolute atomic E-state index is 11.5. The Morgan fingerprint density at radius 1 is 0.947 bits per heavy atom. The van der Waals surface area contributed by atoms with E-state index in [4.69, 9.17) is 0 Å². The van der Waals surface area contributed by atoms with Crippen molar-refractivity contribution in [3.8, 4) is 0 Å². The molecule has 112 valence electrons. The highest BCUT2D eigenvalue weighted by molar-refractivity contribution is 8.76. The van der Waals surface area contributed by atoms with Crippen LogP contribution in [0, 0.1) is 0 Å². The lowest BCUT2D eigenvalue weighted by atomic mass is 10.1. The average Bonchev–Trinajstić information content (AvgIpc) is 2.37. The third kappa shape index (κ3) is 15.8. The van der Waals surface area contributed by atoms with Crippen LogP contribution in [0.25, 0.3) is 0 Å². The predicted molar refractivity (Wildman–Crippen MR) is 86.6 cm³/mol. The number of hydrogen-bond donors (Lipinski definition) is 1. The zero-order valence-corrected chi connectivity index (χ0v) is 13.8. The van der Waals surface area contributed by atoms with Crippen molar-refractivity contribution in [2.45, 2.75) is 58.8 Å². The Labute approximate surface area is 125 Å². The molecule has 0 aromatic heterocycles.